The number of pyridine rings is 1. The third-order valence-corrected chi connectivity index (χ3v) is 31.5. The topological polar surface area (TPSA) is 353 Å². The molecule has 33 heteroatoms. The van der Waals surface area contributed by atoms with Crippen molar-refractivity contribution in [3.05, 3.63) is 278 Å². The Bertz CT molecular complexity index is 7050. The number of benzene rings is 8. The van der Waals surface area contributed by atoms with Gasteiger partial charge in [-0.15, -0.1) is 0 Å². The Labute approximate surface area is 774 Å². The number of nitrogens with zero attached hydrogens (tertiary/aromatic N) is 6. The van der Waals surface area contributed by atoms with Crippen molar-refractivity contribution < 1.29 is 91.6 Å². The second kappa shape index (κ2) is 41.2. The number of carbonyl (C=O) groups is 5. The van der Waals surface area contributed by atoms with Crippen molar-refractivity contribution in [2.24, 2.45) is 0 Å². The van der Waals surface area contributed by atoms with Gasteiger partial charge >= 0.3 is 29.9 Å². The number of allylic oxidation sites excluding steroid dienone is 1. The zero-order chi connectivity index (χ0) is 96.1. The number of carbonyl (C=O) groups excluding carboxylic acids is 1. The van der Waals surface area contributed by atoms with E-state index in [0.29, 0.717) is 114 Å². The van der Waals surface area contributed by atoms with Crippen LogP contribution in [0.15, 0.2) is 197 Å². The van der Waals surface area contributed by atoms with Gasteiger partial charge in [-0.25, -0.2) is 66.4 Å². The Morgan fingerprint density at radius 3 is 1.26 bits per heavy atom. The van der Waals surface area contributed by atoms with Crippen molar-refractivity contribution >= 4 is 120 Å². The van der Waals surface area contributed by atoms with Crippen molar-refractivity contribution in [2.45, 2.75) is 234 Å². The summed E-state index contributed by atoms with van der Waals surface area (Å²) in [5, 5.41) is 46.7. The predicted molar refractivity (Wildman–Crippen MR) is 504 cm³/mol. The number of aliphatic carboxylic acids is 4. The highest BCUT2D eigenvalue weighted by molar-refractivity contribution is 7.90. The Morgan fingerprint density at radius 1 is 0.425 bits per heavy atom. The highest BCUT2D eigenvalue weighted by Gasteiger charge is 2.37. The lowest BCUT2D eigenvalue weighted by Gasteiger charge is -2.34. The van der Waals surface area contributed by atoms with Crippen LogP contribution in [-0.2, 0) is 82.0 Å². The van der Waals surface area contributed by atoms with E-state index in [1.807, 2.05) is 65.8 Å². The van der Waals surface area contributed by atoms with E-state index in [1.54, 1.807) is 129 Å². The third kappa shape index (κ3) is 22.1. The number of halogens is 5. The summed E-state index contributed by atoms with van der Waals surface area (Å²) in [6, 6.07) is 46.0. The van der Waals surface area contributed by atoms with Crippen molar-refractivity contribution in [1.29, 1.82) is 0 Å². The van der Waals surface area contributed by atoms with E-state index in [2.05, 4.69) is 25.1 Å². The Kier molecular flexibility index (Phi) is 30.0. The molecule has 17 rings (SSSR count). The SMILES string of the molecule is Cc1c(C2CCC(NS(=O)(=O)c3ccc4ccccc4n3)CC2)c2cc(F)ccc2n1CC(=O)O.Cc1ccc(CNC(=O)NC2CC=C(c3c(C)n(CC(=O)O)c4ccc(F)cc34)CC2)c(F)c1.Cc1ccc(S(=O)(=O)N(C)C2CCC(c3c(C)n(CC(=O)O)c4ccc(F)cc34)CC2)cc1.Cc1ccc(S(=O)(=O)NC2CCC(c3c(C)n(CC(=O)O)c4ccc(F)cc34)CC2)cc1. The second-order valence-corrected chi connectivity index (χ2v) is 40.9. The van der Waals surface area contributed by atoms with Gasteiger partial charge in [0.05, 0.1) is 15.3 Å². The van der Waals surface area contributed by atoms with E-state index < -0.39 is 53.9 Å². The number of hydrogen-bond donors (Lipinski definition) is 8. The standard InChI is InChI=1S/C26H27F2N3O3.C26H26FN3O4S.C25H29FN2O4S.C24H27FN2O4S/c1-15-3-4-18(22(28)11-15)13-29-26(34)30-20-8-5-17(6-9-20)25-16(2)31(14-24(32)33)23-10-7-19(27)12-21(23)25;1-16-26(21-14-19(27)9-12-23(21)30(16)15-25(31)32)18-6-10-20(11-7-18)29-35(33,34)24-13-8-17-4-2-3-5-22(17)28-24;1-16-4-11-21(12-5-16)33(31,32)27(3)20-9-6-18(7-10-20)25-17(2)28(15-24(29)30)23-13-8-19(26)14-22(23)25;1-15-3-10-20(11-4-15)32(30,31)26-19-8-5-17(6-9-19)24-16(2)27(14-23(28)29)22-12-7-18(25)13-21(22)24/h3-5,7,10-12,20H,6,8-9,13-14H2,1-2H3,(H,32,33)(H2,29,30,34);2-5,8-9,12-14,18,20,29H,6-7,10-11,15H2,1H3,(H,31,32);4-5,8,11-14,18,20H,6-7,9-10,15H2,1-3H3,(H,29,30);3-4,7,10-13,17,19,26H,5-6,8-9,14H2,1-2H3,(H,28,29). The van der Waals surface area contributed by atoms with Crippen LogP contribution in [0.1, 0.15) is 181 Å². The van der Waals surface area contributed by atoms with Crippen LogP contribution in [-0.4, -0.2) is 134 Å². The number of urea groups is 1. The van der Waals surface area contributed by atoms with Crippen molar-refractivity contribution in [3.8, 4) is 0 Å². The number of aryl methyl sites for hydroxylation is 3. The number of carboxylic acids is 4. The average molecular weight is 1890 g/mol. The molecule has 0 spiro atoms. The zero-order valence-corrected chi connectivity index (χ0v) is 78.0. The van der Waals surface area contributed by atoms with Crippen LogP contribution in [0.4, 0.5) is 26.7 Å². The molecule has 0 radical (unpaired) electrons. The molecular formula is C101H109F5N10O15S3. The van der Waals surface area contributed by atoms with E-state index in [9.17, 15) is 91.6 Å². The first-order valence-corrected chi connectivity index (χ1v) is 49.1. The van der Waals surface area contributed by atoms with Crippen molar-refractivity contribution in [3.63, 3.8) is 0 Å². The first kappa shape index (κ1) is 97.6. The molecule has 4 aliphatic rings. The summed E-state index contributed by atoms with van der Waals surface area (Å²) >= 11 is 0. The molecule has 8 aromatic carbocycles. The predicted octanol–water partition coefficient (Wildman–Crippen LogP) is 19.1. The van der Waals surface area contributed by atoms with Gasteiger partial charge in [-0.05, 0) is 312 Å². The number of hydrogen-bond acceptors (Lipinski definition) is 12. The first-order chi connectivity index (χ1) is 63.7. The Morgan fingerprint density at radius 2 is 0.828 bits per heavy atom. The molecule has 1 atom stereocenters. The fraction of sp³-hybridized carbons (Fsp3) is 0.347. The summed E-state index contributed by atoms with van der Waals surface area (Å²) in [4.78, 5) is 62.7. The number of para-hydroxylation sites is 1. The number of fused-ring (bicyclic) bond motifs is 5. The number of aromatic nitrogens is 5. The lowest BCUT2D eigenvalue weighted by Crippen LogP contribution is -2.42. The number of nitrogens with one attached hydrogen (secondary N) is 4. The van der Waals surface area contributed by atoms with Crippen LogP contribution in [0.25, 0.3) is 60.1 Å². The van der Waals surface area contributed by atoms with Gasteiger partial charge in [0.25, 0.3) is 10.0 Å². The molecule has 8 N–H and O–H groups in total. The Hall–Kier alpha value is -12.4. The third-order valence-electron chi connectivity index (χ3n) is 26.6. The van der Waals surface area contributed by atoms with Gasteiger partial charge in [-0.3, -0.25) is 19.2 Å². The molecule has 3 saturated carbocycles. The monoisotopic (exact) mass is 1890 g/mol. The molecule has 3 fully saturated rings. The minimum Gasteiger partial charge on any atom is -0.480 e. The normalized spacial score (nSPS) is 18.3. The summed E-state index contributed by atoms with van der Waals surface area (Å²) in [6.07, 6.45) is 12.3. The van der Waals surface area contributed by atoms with Crippen molar-refractivity contribution in [1.82, 2.24) is 47.6 Å². The lowest BCUT2D eigenvalue weighted by atomic mass is 9.80. The zero-order valence-electron chi connectivity index (χ0n) is 75.6. The Balaban J connectivity index is 0.000000143. The summed E-state index contributed by atoms with van der Waals surface area (Å²) in [6.45, 7) is 12.5. The van der Waals surface area contributed by atoms with Crippen LogP contribution in [0.5, 0.6) is 0 Å². The molecule has 13 aromatic rings. The molecule has 1 unspecified atom stereocenters. The summed E-state index contributed by atoms with van der Waals surface area (Å²) in [5.41, 5.74) is 14.7. The minimum absolute atomic E-state index is 0.00128. The molecule has 2 amide bonds. The smallest absolute Gasteiger partial charge is 0.323 e. The van der Waals surface area contributed by atoms with Gasteiger partial charge in [0.15, 0.2) is 5.03 Å². The minimum atomic E-state index is -3.77. The van der Waals surface area contributed by atoms with Gasteiger partial charge in [-0.2, -0.15) is 4.31 Å². The van der Waals surface area contributed by atoms with Gasteiger partial charge < -0.3 is 49.3 Å². The van der Waals surface area contributed by atoms with Crippen LogP contribution in [0.2, 0.25) is 0 Å². The number of rotatable bonds is 24. The van der Waals surface area contributed by atoms with E-state index in [4.69, 9.17) is 0 Å². The first-order valence-electron chi connectivity index (χ1n) is 44.7. The number of amides is 2. The highest BCUT2D eigenvalue weighted by Crippen LogP contribution is 2.46. The fourth-order valence-electron chi connectivity index (χ4n) is 19.9. The average Bonchev–Trinajstić information content (AvgIpc) is 1.63. The molecule has 706 valence electrons. The molecule has 25 nitrogen and oxygen atoms in total. The van der Waals surface area contributed by atoms with Crippen LogP contribution in [0.3, 0.4) is 0 Å². The largest absolute Gasteiger partial charge is 0.480 e. The van der Waals surface area contributed by atoms with Crippen molar-refractivity contribution in [2.75, 3.05) is 7.05 Å². The number of carboxylic acid groups (broad SMARTS) is 4. The fourth-order valence-corrected chi connectivity index (χ4v) is 23.9. The quantitative estimate of drug-likeness (QED) is 0.0261. The van der Waals surface area contributed by atoms with Crippen LogP contribution in [0, 0.1) is 77.6 Å². The summed E-state index contributed by atoms with van der Waals surface area (Å²) < 4.78 is 162. The maximum Gasteiger partial charge on any atom is 0.323 e. The second-order valence-electron chi connectivity index (χ2n) is 35.5. The van der Waals surface area contributed by atoms with Gasteiger partial charge in [-0.1, -0.05) is 71.8 Å². The van der Waals surface area contributed by atoms with E-state index in [1.165, 1.54) is 65.0 Å². The molecule has 134 heavy (non-hydrogen) atoms. The highest BCUT2D eigenvalue weighted by atomic mass is 32.2. The molecule has 4 aliphatic carbocycles. The van der Waals surface area contributed by atoms with Gasteiger partial charge in [0.2, 0.25) is 20.0 Å². The van der Waals surface area contributed by atoms with E-state index in [-0.39, 0.29) is 120 Å². The molecule has 0 saturated heterocycles. The van der Waals surface area contributed by atoms with Crippen LogP contribution < -0.4 is 20.1 Å². The lowest BCUT2D eigenvalue weighted by molar-refractivity contribution is -0.138. The molecular weight excluding hydrogens is 1780 g/mol. The van der Waals surface area contributed by atoms with Gasteiger partial charge in [0.1, 0.15) is 55.3 Å². The maximum atomic E-state index is 14.1. The maximum absolute atomic E-state index is 14.1. The summed E-state index contributed by atoms with van der Waals surface area (Å²) in [5.74, 6) is -5.28. The molecule has 5 aromatic heterocycles. The number of sulfonamides is 3. The summed E-state index contributed by atoms with van der Waals surface area (Å²) in [7, 11) is -9.30. The molecule has 5 heterocycles. The van der Waals surface area contributed by atoms with E-state index >= 15 is 0 Å². The molecule has 0 aliphatic heterocycles. The van der Waals surface area contributed by atoms with Crippen LogP contribution >= 0.6 is 0 Å². The molecule has 0 bridgehead atoms. The van der Waals surface area contributed by atoms with Gasteiger partial charge in [0, 0.05) is 121 Å². The van der Waals surface area contributed by atoms with E-state index in [0.717, 1.165) is 115 Å².